The highest BCUT2D eigenvalue weighted by atomic mass is 16.5. The summed E-state index contributed by atoms with van der Waals surface area (Å²) in [5.41, 5.74) is 1.52. The number of methoxy groups -OCH3 is 1. The molecule has 1 aromatic carbocycles. The van der Waals surface area contributed by atoms with Gasteiger partial charge in [0.25, 0.3) is 0 Å². The molecule has 1 heterocycles. The van der Waals surface area contributed by atoms with E-state index >= 15 is 0 Å². The highest BCUT2D eigenvalue weighted by Gasteiger charge is 2.28. The highest BCUT2D eigenvalue weighted by Crippen LogP contribution is 2.22. The lowest BCUT2D eigenvalue weighted by molar-refractivity contribution is -0.128. The van der Waals surface area contributed by atoms with Crippen molar-refractivity contribution in [1.29, 1.82) is 0 Å². The summed E-state index contributed by atoms with van der Waals surface area (Å²) in [4.78, 5) is 37.6. The van der Waals surface area contributed by atoms with Crippen LogP contribution < -0.4 is 0 Å². The van der Waals surface area contributed by atoms with E-state index in [-0.39, 0.29) is 29.1 Å². The van der Waals surface area contributed by atoms with Gasteiger partial charge in [0.15, 0.2) is 5.78 Å². The van der Waals surface area contributed by atoms with Gasteiger partial charge in [-0.15, -0.1) is 0 Å². The van der Waals surface area contributed by atoms with Crippen LogP contribution in [0.1, 0.15) is 56.0 Å². The van der Waals surface area contributed by atoms with Crippen molar-refractivity contribution < 1.29 is 19.1 Å². The first-order valence-corrected chi connectivity index (χ1v) is 9.37. The van der Waals surface area contributed by atoms with Crippen LogP contribution in [-0.4, -0.2) is 42.3 Å². The fourth-order valence-electron chi connectivity index (χ4n) is 3.22. The normalized spacial score (nSPS) is 17.6. The lowest BCUT2D eigenvalue weighted by Gasteiger charge is -2.22. The minimum Gasteiger partial charge on any atom is -0.465 e. The van der Waals surface area contributed by atoms with E-state index in [4.69, 9.17) is 4.74 Å². The molecular formula is C22H29NO4. The first-order valence-electron chi connectivity index (χ1n) is 9.37. The van der Waals surface area contributed by atoms with Gasteiger partial charge in [-0.3, -0.25) is 9.59 Å². The lowest BCUT2D eigenvalue weighted by Crippen LogP contribution is -2.33. The molecule has 1 aromatic rings. The molecule has 1 amide bonds. The van der Waals surface area contributed by atoms with Crippen molar-refractivity contribution in [3.05, 3.63) is 47.5 Å². The van der Waals surface area contributed by atoms with Crippen LogP contribution in [-0.2, 0) is 20.7 Å². The largest absolute Gasteiger partial charge is 0.465 e. The van der Waals surface area contributed by atoms with Crippen molar-refractivity contribution in [1.82, 2.24) is 4.90 Å². The second-order valence-electron chi connectivity index (χ2n) is 8.19. The number of allylic oxidation sites excluding steroid dienone is 1. The van der Waals surface area contributed by atoms with Crippen molar-refractivity contribution >= 4 is 17.7 Å². The van der Waals surface area contributed by atoms with Crippen LogP contribution >= 0.6 is 0 Å². The molecule has 27 heavy (non-hydrogen) atoms. The van der Waals surface area contributed by atoms with Crippen LogP contribution in [0.4, 0.5) is 0 Å². The first kappa shape index (κ1) is 20.9. The molecule has 0 unspecified atom stereocenters. The van der Waals surface area contributed by atoms with Gasteiger partial charge in [-0.05, 0) is 42.0 Å². The molecule has 146 valence electrons. The maximum Gasteiger partial charge on any atom is 0.337 e. The van der Waals surface area contributed by atoms with Crippen LogP contribution in [0.5, 0.6) is 0 Å². The van der Waals surface area contributed by atoms with Crippen LogP contribution in [0.15, 0.2) is 36.4 Å². The molecule has 1 aliphatic rings. The molecule has 0 aromatic heterocycles. The summed E-state index contributed by atoms with van der Waals surface area (Å²) in [5, 5.41) is 0. The van der Waals surface area contributed by atoms with Crippen molar-refractivity contribution in [3.8, 4) is 0 Å². The number of rotatable bonds is 7. The molecule has 5 nitrogen and oxygen atoms in total. The number of esters is 1. The van der Waals surface area contributed by atoms with Gasteiger partial charge in [0, 0.05) is 19.4 Å². The molecule has 0 radical (unpaired) electrons. The lowest BCUT2D eigenvalue weighted by atomic mass is 9.90. The zero-order valence-corrected chi connectivity index (χ0v) is 16.7. The summed E-state index contributed by atoms with van der Waals surface area (Å²) in [6.45, 7) is 6.71. The Bertz CT molecular complexity index is 713. The van der Waals surface area contributed by atoms with Crippen LogP contribution in [0, 0.1) is 5.41 Å². The highest BCUT2D eigenvalue weighted by molar-refractivity contribution is 5.90. The summed E-state index contributed by atoms with van der Waals surface area (Å²) < 4.78 is 4.69. The van der Waals surface area contributed by atoms with E-state index in [9.17, 15) is 14.4 Å². The first-order chi connectivity index (χ1) is 12.7. The standard InChI is InChI=1S/C22H29NO4/c1-22(2,3)15-19(24)11-9-18-10-12-20(25)23(18)14-13-16-5-7-17(8-6-16)21(26)27-4/h5-9,11,18H,10,12-15H2,1-4H3/b11-9+/t18-/m0/s1. The van der Waals surface area contributed by atoms with E-state index in [1.807, 2.05) is 43.9 Å². The molecule has 0 spiro atoms. The molecule has 1 saturated heterocycles. The summed E-state index contributed by atoms with van der Waals surface area (Å²) in [5.74, 6) is -0.138. The fraction of sp³-hybridized carbons (Fsp3) is 0.500. The van der Waals surface area contributed by atoms with E-state index in [0.717, 1.165) is 12.0 Å². The molecule has 1 fully saturated rings. The minimum absolute atomic E-state index is 0.0178. The van der Waals surface area contributed by atoms with Gasteiger partial charge in [0.05, 0.1) is 18.7 Å². The Morgan fingerprint density at radius 3 is 2.48 bits per heavy atom. The third-order valence-electron chi connectivity index (χ3n) is 4.60. The van der Waals surface area contributed by atoms with Crippen LogP contribution in [0.3, 0.4) is 0 Å². The number of carbonyl (C=O) groups is 3. The van der Waals surface area contributed by atoms with Crippen molar-refractivity contribution in [2.75, 3.05) is 13.7 Å². The van der Waals surface area contributed by atoms with E-state index in [1.165, 1.54) is 7.11 Å². The third-order valence-corrected chi connectivity index (χ3v) is 4.60. The summed E-state index contributed by atoms with van der Waals surface area (Å²) in [6, 6.07) is 7.20. The third kappa shape index (κ3) is 6.35. The zero-order valence-electron chi connectivity index (χ0n) is 16.7. The molecule has 5 heteroatoms. The zero-order chi connectivity index (χ0) is 20.0. The molecular weight excluding hydrogens is 342 g/mol. The quantitative estimate of drug-likeness (QED) is 0.543. The Balaban J connectivity index is 1.94. The Kier molecular flexibility index (Phi) is 6.94. The molecule has 0 N–H and O–H groups in total. The van der Waals surface area contributed by atoms with Crippen LogP contribution in [0.2, 0.25) is 0 Å². The maximum absolute atomic E-state index is 12.2. The number of likely N-dealkylation sites (tertiary alicyclic amines) is 1. The molecule has 0 aliphatic carbocycles. The van der Waals surface area contributed by atoms with E-state index < -0.39 is 0 Å². The number of hydrogen-bond donors (Lipinski definition) is 0. The average molecular weight is 371 g/mol. The number of ether oxygens (including phenoxy) is 1. The van der Waals surface area contributed by atoms with Gasteiger partial charge < -0.3 is 9.64 Å². The van der Waals surface area contributed by atoms with Gasteiger partial charge >= 0.3 is 5.97 Å². The maximum atomic E-state index is 12.2. The Morgan fingerprint density at radius 2 is 1.89 bits per heavy atom. The van der Waals surface area contributed by atoms with Crippen molar-refractivity contribution in [2.45, 2.75) is 52.5 Å². The number of benzene rings is 1. The predicted octanol–water partition coefficient (Wildman–Crippen LogP) is 3.57. The molecule has 0 saturated carbocycles. The molecule has 1 aliphatic heterocycles. The molecule has 2 rings (SSSR count). The van der Waals surface area contributed by atoms with Gasteiger partial charge in [0.2, 0.25) is 5.91 Å². The minimum atomic E-state index is -0.360. The van der Waals surface area contributed by atoms with E-state index in [2.05, 4.69) is 0 Å². The predicted molar refractivity (Wildman–Crippen MR) is 104 cm³/mol. The number of carbonyl (C=O) groups excluding carboxylic acids is 3. The van der Waals surface area contributed by atoms with E-state index in [1.54, 1.807) is 18.2 Å². The Labute approximate surface area is 161 Å². The second kappa shape index (κ2) is 8.98. The van der Waals surface area contributed by atoms with Gasteiger partial charge in [-0.25, -0.2) is 4.79 Å². The summed E-state index contributed by atoms with van der Waals surface area (Å²) in [7, 11) is 1.36. The number of hydrogen-bond acceptors (Lipinski definition) is 4. The van der Waals surface area contributed by atoms with Crippen LogP contribution in [0.25, 0.3) is 0 Å². The number of amides is 1. The number of ketones is 1. The average Bonchev–Trinajstić information content (AvgIpc) is 2.96. The van der Waals surface area contributed by atoms with Crippen molar-refractivity contribution in [3.63, 3.8) is 0 Å². The SMILES string of the molecule is COC(=O)c1ccc(CCN2C(=O)CC[C@@H]2/C=C/C(=O)CC(C)(C)C)cc1. The smallest absolute Gasteiger partial charge is 0.337 e. The topological polar surface area (TPSA) is 63.7 Å². The Morgan fingerprint density at radius 1 is 1.22 bits per heavy atom. The number of nitrogens with zero attached hydrogens (tertiary/aromatic N) is 1. The monoisotopic (exact) mass is 371 g/mol. The van der Waals surface area contributed by atoms with Crippen molar-refractivity contribution in [2.24, 2.45) is 5.41 Å². The summed E-state index contributed by atoms with van der Waals surface area (Å²) >= 11 is 0. The Hall–Kier alpha value is -2.43. The van der Waals surface area contributed by atoms with Gasteiger partial charge in [-0.1, -0.05) is 39.0 Å². The molecule has 1 atom stereocenters. The van der Waals surface area contributed by atoms with Gasteiger partial charge in [0.1, 0.15) is 0 Å². The van der Waals surface area contributed by atoms with E-state index in [0.29, 0.717) is 31.4 Å². The second-order valence-corrected chi connectivity index (χ2v) is 8.19. The molecule has 0 bridgehead atoms. The van der Waals surface area contributed by atoms with Gasteiger partial charge in [-0.2, -0.15) is 0 Å². The fourth-order valence-corrected chi connectivity index (χ4v) is 3.22. The summed E-state index contributed by atoms with van der Waals surface area (Å²) in [6.07, 6.45) is 5.97.